The Balaban J connectivity index is 0.00000272. The molecule has 0 aliphatic carbocycles. The number of thiophene rings is 1. The van der Waals surface area contributed by atoms with Gasteiger partial charge in [-0.25, -0.2) is 0 Å². The zero-order chi connectivity index (χ0) is 20.8. The lowest BCUT2D eigenvalue weighted by atomic mass is 10.1. The molecule has 0 radical (unpaired) electrons. The number of ether oxygens (including phenoxy) is 1. The molecule has 3 heterocycles. The number of hydrogen-bond donors (Lipinski definition) is 1. The second-order valence-corrected chi connectivity index (χ2v) is 8.42. The number of aryl methyl sites for hydroxylation is 2. The molecule has 31 heavy (non-hydrogen) atoms. The molecule has 0 atom stereocenters. The van der Waals surface area contributed by atoms with Gasteiger partial charge in [0.1, 0.15) is 5.75 Å². The van der Waals surface area contributed by atoms with Gasteiger partial charge in [0.05, 0.1) is 28.4 Å². The second kappa shape index (κ2) is 10.9. The number of carbonyl (C=O) groups excluding carboxylic acids is 1. The third kappa shape index (κ3) is 6.26. The van der Waals surface area contributed by atoms with Crippen LogP contribution in [0.25, 0.3) is 11.3 Å². The normalized spacial score (nSPS) is 10.5. The van der Waals surface area contributed by atoms with E-state index in [4.69, 9.17) is 4.74 Å². The van der Waals surface area contributed by atoms with E-state index < -0.39 is 0 Å². The summed E-state index contributed by atoms with van der Waals surface area (Å²) in [6.45, 7) is 2.99. The molecule has 1 N–H and O–H groups in total. The third-order valence-corrected chi connectivity index (χ3v) is 5.77. The summed E-state index contributed by atoms with van der Waals surface area (Å²) in [5.74, 6) is 1.01. The molecule has 7 heteroatoms. The molecule has 4 aromatic rings. The molecular formula is C24H24ClN3O2S. The van der Waals surface area contributed by atoms with Gasteiger partial charge >= 0.3 is 0 Å². The zero-order valence-electron chi connectivity index (χ0n) is 17.3. The Labute approximate surface area is 192 Å². The van der Waals surface area contributed by atoms with Crippen molar-refractivity contribution < 1.29 is 26.5 Å². The van der Waals surface area contributed by atoms with Crippen molar-refractivity contribution in [2.45, 2.75) is 26.3 Å². The third-order valence-electron chi connectivity index (χ3n) is 4.73. The minimum atomic E-state index is 0. The lowest BCUT2D eigenvalue weighted by Gasteiger charge is -2.04. The van der Waals surface area contributed by atoms with Crippen molar-refractivity contribution in [3.8, 4) is 17.0 Å². The van der Waals surface area contributed by atoms with Gasteiger partial charge in [-0.3, -0.25) is 9.89 Å². The van der Waals surface area contributed by atoms with E-state index in [1.165, 1.54) is 11.3 Å². The van der Waals surface area contributed by atoms with Crippen LogP contribution in [-0.2, 0) is 13.0 Å². The summed E-state index contributed by atoms with van der Waals surface area (Å²) in [4.78, 5) is 14.4. The number of H-pyrrole nitrogens is 1. The Morgan fingerprint density at radius 3 is 2.74 bits per heavy atom. The van der Waals surface area contributed by atoms with Crippen molar-refractivity contribution in [2.24, 2.45) is 0 Å². The van der Waals surface area contributed by atoms with E-state index >= 15 is 0 Å². The molecule has 0 unspecified atom stereocenters. The zero-order valence-corrected chi connectivity index (χ0v) is 18.8. The smallest absolute Gasteiger partial charge is 0.237 e. The number of benzene rings is 1. The standard InChI is InChI=1S/C24H24N3O2S.ClH/c1-18-11-12-24(30-18)23(28)17-27-13-5-7-19(16-27)22-15-20(25-26-22)8-6-14-29-21-9-3-2-4-10-21;/h2-5,7,9-13,15-16H,6,8,14,17H2,1H3,(H,25,26);1H/q+1;/p-1. The highest BCUT2D eigenvalue weighted by atomic mass is 35.5. The number of ketones is 1. The monoisotopic (exact) mass is 453 g/mol. The SMILES string of the molecule is Cc1ccc(C(=O)C[n+]2cccc(-c3cc(CCCOc4ccccc4)n[nH]3)c2)s1.[Cl-]. The molecule has 0 aliphatic rings. The summed E-state index contributed by atoms with van der Waals surface area (Å²) in [6, 6.07) is 19.8. The number of halogens is 1. The number of carbonyl (C=O) groups is 1. The lowest BCUT2D eigenvalue weighted by molar-refractivity contribution is -0.682. The number of aromatic amines is 1. The number of hydrogen-bond acceptors (Lipinski definition) is 4. The first-order valence-electron chi connectivity index (χ1n) is 9.98. The van der Waals surface area contributed by atoms with Crippen molar-refractivity contribution >= 4 is 17.1 Å². The molecule has 4 rings (SSSR count). The van der Waals surface area contributed by atoms with Crippen molar-refractivity contribution in [1.29, 1.82) is 0 Å². The van der Waals surface area contributed by atoms with E-state index in [9.17, 15) is 4.79 Å². The quantitative estimate of drug-likeness (QED) is 0.238. The highest BCUT2D eigenvalue weighted by molar-refractivity contribution is 7.13. The summed E-state index contributed by atoms with van der Waals surface area (Å²) < 4.78 is 7.66. The Bertz CT molecular complexity index is 1120. The first-order chi connectivity index (χ1) is 14.7. The lowest BCUT2D eigenvalue weighted by Crippen LogP contribution is -3.00. The maximum atomic E-state index is 12.5. The summed E-state index contributed by atoms with van der Waals surface area (Å²) in [6.07, 6.45) is 5.63. The highest BCUT2D eigenvalue weighted by Crippen LogP contribution is 2.18. The van der Waals surface area contributed by atoms with Gasteiger partial charge in [-0.2, -0.15) is 9.67 Å². The number of nitrogens with one attached hydrogen (secondary N) is 1. The van der Waals surface area contributed by atoms with E-state index in [2.05, 4.69) is 16.3 Å². The predicted molar refractivity (Wildman–Crippen MR) is 118 cm³/mol. The van der Waals surface area contributed by atoms with Crippen LogP contribution in [0.15, 0.2) is 73.1 Å². The van der Waals surface area contributed by atoms with Crippen LogP contribution in [0.1, 0.15) is 26.7 Å². The van der Waals surface area contributed by atoms with Crippen molar-refractivity contribution in [2.75, 3.05) is 6.61 Å². The van der Waals surface area contributed by atoms with Crippen molar-refractivity contribution in [3.63, 3.8) is 0 Å². The maximum absolute atomic E-state index is 12.5. The van der Waals surface area contributed by atoms with Crippen LogP contribution < -0.4 is 21.7 Å². The fourth-order valence-electron chi connectivity index (χ4n) is 3.21. The van der Waals surface area contributed by atoms with Crippen LogP contribution in [0.3, 0.4) is 0 Å². The molecule has 0 amide bonds. The average molecular weight is 454 g/mol. The van der Waals surface area contributed by atoms with Gasteiger partial charge in [0.2, 0.25) is 12.3 Å². The largest absolute Gasteiger partial charge is 1.00 e. The topological polar surface area (TPSA) is 58.9 Å². The Morgan fingerprint density at radius 1 is 1.13 bits per heavy atom. The fraction of sp³-hybridized carbons (Fsp3) is 0.208. The molecule has 0 bridgehead atoms. The molecule has 5 nitrogen and oxygen atoms in total. The van der Waals surface area contributed by atoms with Crippen LogP contribution >= 0.6 is 11.3 Å². The number of aromatic nitrogens is 3. The molecule has 0 fully saturated rings. The molecule has 0 aliphatic heterocycles. The van der Waals surface area contributed by atoms with Crippen LogP contribution in [0.2, 0.25) is 0 Å². The predicted octanol–water partition coefficient (Wildman–Crippen LogP) is 1.63. The highest BCUT2D eigenvalue weighted by Gasteiger charge is 2.15. The summed E-state index contributed by atoms with van der Waals surface area (Å²) in [7, 11) is 0. The average Bonchev–Trinajstić information content (AvgIpc) is 3.41. The number of para-hydroxylation sites is 1. The molecule has 160 valence electrons. The van der Waals surface area contributed by atoms with Gasteiger partial charge in [-0.15, -0.1) is 11.3 Å². The number of nitrogens with zero attached hydrogens (tertiary/aromatic N) is 2. The summed E-state index contributed by atoms with van der Waals surface area (Å²) in [5.41, 5.74) is 2.96. The van der Waals surface area contributed by atoms with Crippen LogP contribution in [0.5, 0.6) is 5.75 Å². The van der Waals surface area contributed by atoms with E-state index in [1.54, 1.807) is 0 Å². The second-order valence-electron chi connectivity index (χ2n) is 7.14. The minimum absolute atomic E-state index is 0. The minimum Gasteiger partial charge on any atom is -1.00 e. The first kappa shape index (κ1) is 22.7. The van der Waals surface area contributed by atoms with E-state index in [-0.39, 0.29) is 18.2 Å². The molecule has 0 spiro atoms. The summed E-state index contributed by atoms with van der Waals surface area (Å²) in [5, 5.41) is 7.53. The van der Waals surface area contributed by atoms with Crippen LogP contribution in [0.4, 0.5) is 0 Å². The Hall–Kier alpha value is -2.96. The first-order valence-corrected chi connectivity index (χ1v) is 10.8. The molecule has 0 saturated carbocycles. The van der Waals surface area contributed by atoms with E-state index in [0.29, 0.717) is 13.2 Å². The van der Waals surface area contributed by atoms with Gasteiger partial charge < -0.3 is 17.1 Å². The number of Topliss-reactive ketones (excluding diaryl/α,β-unsaturated/α-hetero) is 1. The van der Waals surface area contributed by atoms with Gasteiger partial charge in [0.15, 0.2) is 12.4 Å². The number of rotatable bonds is 9. The van der Waals surface area contributed by atoms with Gasteiger partial charge in [0.25, 0.3) is 0 Å². The maximum Gasteiger partial charge on any atom is 0.237 e. The van der Waals surface area contributed by atoms with Crippen LogP contribution in [0, 0.1) is 6.92 Å². The molecule has 0 saturated heterocycles. The van der Waals surface area contributed by atoms with Gasteiger partial charge in [-0.1, -0.05) is 18.2 Å². The summed E-state index contributed by atoms with van der Waals surface area (Å²) >= 11 is 1.54. The van der Waals surface area contributed by atoms with E-state index in [0.717, 1.165) is 45.3 Å². The Morgan fingerprint density at radius 2 is 1.97 bits per heavy atom. The van der Waals surface area contributed by atoms with Crippen LogP contribution in [-0.4, -0.2) is 22.6 Å². The van der Waals surface area contributed by atoms with Gasteiger partial charge in [0, 0.05) is 10.9 Å². The van der Waals surface area contributed by atoms with E-state index in [1.807, 2.05) is 78.5 Å². The van der Waals surface area contributed by atoms with Gasteiger partial charge in [-0.05, 0) is 56.2 Å². The fourth-order valence-corrected chi connectivity index (χ4v) is 4.00. The molecule has 3 aromatic heterocycles. The number of pyridine rings is 1. The molecule has 1 aromatic carbocycles. The molecular weight excluding hydrogens is 430 g/mol. The van der Waals surface area contributed by atoms with Crippen molar-refractivity contribution in [1.82, 2.24) is 10.2 Å². The Kier molecular flexibility index (Phi) is 7.98. The van der Waals surface area contributed by atoms with Crippen molar-refractivity contribution in [3.05, 3.63) is 88.5 Å².